The molecular formula is C22H37NO2. The maximum Gasteiger partial charge on any atom is 0.0363 e. The summed E-state index contributed by atoms with van der Waals surface area (Å²) in [4.78, 5) is 2.44. The number of rotatable bonds is 8. The van der Waals surface area contributed by atoms with Crippen LogP contribution in [0, 0.1) is 0 Å². The summed E-state index contributed by atoms with van der Waals surface area (Å²) in [5, 5.41) is 9.82. The second-order valence-electron chi connectivity index (χ2n) is 6.57. The molecule has 1 aromatic carbocycles. The molecule has 1 aliphatic heterocycles. The highest BCUT2D eigenvalue weighted by molar-refractivity contribution is 5.44. The lowest BCUT2D eigenvalue weighted by molar-refractivity contribution is 0.399. The number of fused-ring (bicyclic) bond motifs is 1. The molecule has 3 heteroatoms. The SMILES string of the molecule is C=C(C)C(CCCC)c1cccc2c1=CCN(CCCC)C=2.CO.O. The molecule has 1 aromatic rings. The van der Waals surface area contributed by atoms with Gasteiger partial charge < -0.3 is 15.5 Å². The molecule has 0 fully saturated rings. The first-order valence-electron chi connectivity index (χ1n) is 9.32. The minimum atomic E-state index is 0. The average molecular weight is 348 g/mol. The summed E-state index contributed by atoms with van der Waals surface area (Å²) in [5.74, 6) is 0.502. The van der Waals surface area contributed by atoms with Crippen LogP contribution in [0.2, 0.25) is 0 Å². The van der Waals surface area contributed by atoms with Crippen LogP contribution in [-0.4, -0.2) is 35.7 Å². The van der Waals surface area contributed by atoms with E-state index in [1.165, 1.54) is 53.7 Å². The van der Waals surface area contributed by atoms with E-state index in [1.54, 1.807) is 0 Å². The first kappa shape index (κ1) is 23.4. The Balaban J connectivity index is 0.00000185. The van der Waals surface area contributed by atoms with E-state index in [-0.39, 0.29) is 5.48 Å². The zero-order valence-electron chi connectivity index (χ0n) is 16.5. The van der Waals surface area contributed by atoms with Crippen molar-refractivity contribution in [3.8, 4) is 0 Å². The Morgan fingerprint density at radius 2 is 1.88 bits per heavy atom. The molecule has 3 nitrogen and oxygen atoms in total. The third kappa shape index (κ3) is 6.68. The summed E-state index contributed by atoms with van der Waals surface area (Å²) in [6.07, 6.45) is 11.0. The molecule has 1 aliphatic rings. The first-order valence-corrected chi connectivity index (χ1v) is 9.32. The third-order valence-corrected chi connectivity index (χ3v) is 4.64. The average Bonchev–Trinajstić information content (AvgIpc) is 2.61. The van der Waals surface area contributed by atoms with E-state index in [0.29, 0.717) is 5.92 Å². The van der Waals surface area contributed by atoms with Gasteiger partial charge in [-0.25, -0.2) is 0 Å². The molecule has 0 aliphatic carbocycles. The van der Waals surface area contributed by atoms with Crippen LogP contribution in [0.1, 0.15) is 64.4 Å². The van der Waals surface area contributed by atoms with Crippen molar-refractivity contribution in [1.29, 1.82) is 0 Å². The predicted octanol–water partition coefficient (Wildman–Crippen LogP) is 2.95. The van der Waals surface area contributed by atoms with Gasteiger partial charge in [0.25, 0.3) is 0 Å². The van der Waals surface area contributed by atoms with Crippen molar-refractivity contribution in [2.45, 2.75) is 58.8 Å². The fourth-order valence-corrected chi connectivity index (χ4v) is 3.30. The van der Waals surface area contributed by atoms with Gasteiger partial charge in [-0.2, -0.15) is 0 Å². The number of benzene rings is 1. The van der Waals surface area contributed by atoms with Crippen molar-refractivity contribution >= 4 is 12.3 Å². The Morgan fingerprint density at radius 1 is 1.20 bits per heavy atom. The van der Waals surface area contributed by atoms with Crippen LogP contribution in [-0.2, 0) is 0 Å². The summed E-state index contributed by atoms with van der Waals surface area (Å²) in [7, 11) is 1.00. The smallest absolute Gasteiger partial charge is 0.0363 e. The van der Waals surface area contributed by atoms with Crippen molar-refractivity contribution in [2.24, 2.45) is 0 Å². The number of hydrogen-bond acceptors (Lipinski definition) is 2. The van der Waals surface area contributed by atoms with Crippen LogP contribution >= 0.6 is 0 Å². The molecule has 0 aromatic heterocycles. The highest BCUT2D eigenvalue weighted by atomic mass is 16.2. The van der Waals surface area contributed by atoms with Gasteiger partial charge >= 0.3 is 0 Å². The predicted molar refractivity (Wildman–Crippen MR) is 110 cm³/mol. The molecule has 1 atom stereocenters. The Labute approximate surface area is 153 Å². The number of nitrogens with zero attached hydrogens (tertiary/aromatic N) is 1. The molecule has 1 unspecified atom stereocenters. The molecule has 0 saturated heterocycles. The van der Waals surface area contributed by atoms with Crippen molar-refractivity contribution in [1.82, 2.24) is 4.90 Å². The maximum absolute atomic E-state index is 7.00. The van der Waals surface area contributed by atoms with Gasteiger partial charge in [0.2, 0.25) is 0 Å². The third-order valence-electron chi connectivity index (χ3n) is 4.64. The van der Waals surface area contributed by atoms with Gasteiger partial charge in [0.1, 0.15) is 0 Å². The Bertz CT molecular complexity index is 621. The molecule has 0 bridgehead atoms. The minimum absolute atomic E-state index is 0. The number of unbranched alkanes of at least 4 members (excludes halogenated alkanes) is 2. The van der Waals surface area contributed by atoms with Gasteiger partial charge in [-0.1, -0.05) is 69.5 Å². The standard InChI is InChI=1S/C21H31N.CH4O.H2O/c1-5-7-11-19(17(3)4)21-12-9-10-18-16-22(14-8-6-2)15-13-20(18)21;1-2;/h9-10,12-13,16,19H,3,5-8,11,14-15H2,1-2,4H3;2H,1H3;1H2. The summed E-state index contributed by atoms with van der Waals surface area (Å²) in [6, 6.07) is 6.77. The summed E-state index contributed by atoms with van der Waals surface area (Å²) >= 11 is 0. The summed E-state index contributed by atoms with van der Waals surface area (Å²) in [6.45, 7) is 13.2. The van der Waals surface area contributed by atoms with E-state index in [1.807, 2.05) is 0 Å². The lowest BCUT2D eigenvalue weighted by Gasteiger charge is -2.24. The highest BCUT2D eigenvalue weighted by Gasteiger charge is 2.15. The number of aliphatic hydroxyl groups is 1. The molecule has 3 N–H and O–H groups in total. The molecule has 1 heterocycles. The topological polar surface area (TPSA) is 55.0 Å². The van der Waals surface area contributed by atoms with E-state index >= 15 is 0 Å². The van der Waals surface area contributed by atoms with Crippen molar-refractivity contribution in [3.05, 3.63) is 46.4 Å². The number of aliphatic hydroxyl groups excluding tert-OH is 1. The van der Waals surface area contributed by atoms with Gasteiger partial charge in [-0.05, 0) is 35.8 Å². The van der Waals surface area contributed by atoms with Crippen molar-refractivity contribution in [3.63, 3.8) is 0 Å². The maximum atomic E-state index is 7.00. The van der Waals surface area contributed by atoms with E-state index < -0.39 is 0 Å². The van der Waals surface area contributed by atoms with Crippen LogP contribution in [0.25, 0.3) is 12.3 Å². The first-order chi connectivity index (χ1) is 11.7. The number of hydrogen-bond donors (Lipinski definition) is 1. The molecule has 0 saturated carbocycles. The largest absolute Gasteiger partial charge is 0.412 e. The molecule has 2 rings (SSSR count). The lowest BCUT2D eigenvalue weighted by atomic mass is 9.86. The van der Waals surface area contributed by atoms with Gasteiger partial charge in [-0.15, -0.1) is 0 Å². The quantitative estimate of drug-likeness (QED) is 0.735. The molecular weight excluding hydrogens is 310 g/mol. The second-order valence-corrected chi connectivity index (χ2v) is 6.57. The normalized spacial score (nSPS) is 13.2. The van der Waals surface area contributed by atoms with Gasteiger partial charge in [-0.3, -0.25) is 0 Å². The van der Waals surface area contributed by atoms with Gasteiger partial charge in [0.15, 0.2) is 0 Å². The van der Waals surface area contributed by atoms with E-state index in [9.17, 15) is 0 Å². The van der Waals surface area contributed by atoms with Crippen LogP contribution in [0.5, 0.6) is 0 Å². The van der Waals surface area contributed by atoms with E-state index in [0.717, 1.165) is 20.2 Å². The fraction of sp³-hybridized carbons (Fsp3) is 0.545. The highest BCUT2D eigenvalue weighted by Crippen LogP contribution is 2.26. The fourth-order valence-electron chi connectivity index (χ4n) is 3.30. The zero-order chi connectivity index (χ0) is 17.9. The number of allylic oxidation sites excluding steroid dienone is 1. The van der Waals surface area contributed by atoms with Crippen LogP contribution in [0.4, 0.5) is 0 Å². The van der Waals surface area contributed by atoms with E-state index in [2.05, 4.69) is 62.7 Å². The van der Waals surface area contributed by atoms with Crippen LogP contribution in [0.3, 0.4) is 0 Å². The monoisotopic (exact) mass is 347 g/mol. The summed E-state index contributed by atoms with van der Waals surface area (Å²) < 4.78 is 0. The molecule has 25 heavy (non-hydrogen) atoms. The zero-order valence-corrected chi connectivity index (χ0v) is 16.5. The summed E-state index contributed by atoms with van der Waals surface area (Å²) in [5.41, 5.74) is 2.77. The van der Waals surface area contributed by atoms with E-state index in [4.69, 9.17) is 5.11 Å². The lowest BCUT2D eigenvalue weighted by Crippen LogP contribution is -2.38. The Kier molecular flexibility index (Phi) is 11.9. The van der Waals surface area contributed by atoms with Crippen LogP contribution < -0.4 is 10.4 Å². The van der Waals surface area contributed by atoms with Crippen LogP contribution in [0.15, 0.2) is 30.4 Å². The molecule has 0 radical (unpaired) electrons. The molecule has 142 valence electrons. The van der Waals surface area contributed by atoms with Crippen molar-refractivity contribution < 1.29 is 10.6 Å². The minimum Gasteiger partial charge on any atom is -0.412 e. The molecule has 0 spiro atoms. The Hall–Kier alpha value is -1.58. The molecule has 0 amide bonds. The van der Waals surface area contributed by atoms with Gasteiger partial charge in [0, 0.05) is 32.3 Å². The Morgan fingerprint density at radius 3 is 2.48 bits per heavy atom. The second kappa shape index (κ2) is 12.7. The van der Waals surface area contributed by atoms with Crippen molar-refractivity contribution in [2.75, 3.05) is 20.2 Å². The van der Waals surface area contributed by atoms with Gasteiger partial charge in [0.05, 0.1) is 0 Å².